The predicted octanol–water partition coefficient (Wildman–Crippen LogP) is 8.45. The molecule has 2 heteroatoms. The zero-order valence-corrected chi connectivity index (χ0v) is 18.5. The van der Waals surface area contributed by atoms with Crippen LogP contribution in [-0.4, -0.2) is 0 Å². The van der Waals surface area contributed by atoms with Crippen molar-refractivity contribution in [1.29, 1.82) is 0 Å². The lowest BCUT2D eigenvalue weighted by Gasteiger charge is -2.18. The molecule has 2 aromatic carbocycles. The van der Waals surface area contributed by atoms with Gasteiger partial charge in [0, 0.05) is 0 Å². The highest BCUT2D eigenvalue weighted by Gasteiger charge is 2.18. The summed E-state index contributed by atoms with van der Waals surface area (Å²) >= 11 is 0. The van der Waals surface area contributed by atoms with Gasteiger partial charge in [0.15, 0.2) is 0 Å². The number of hydrogen-bond donors (Lipinski definition) is 0. The van der Waals surface area contributed by atoms with Gasteiger partial charge in [-0.05, 0) is 70.5 Å². The lowest BCUT2D eigenvalue weighted by Crippen LogP contribution is -2.05. The standard InChI is InChI=1S/C13H20.C12H16F2/c1-9(2)12-8-6-7-11(5)13(12)10(3)4;1-7(2)11-9(13)5-6-10(14)12(11)8(3)4/h6-10H,1-5H3;5-8H,1-4H3. The average molecular weight is 375 g/mol. The van der Waals surface area contributed by atoms with Crippen molar-refractivity contribution in [3.8, 4) is 0 Å². The summed E-state index contributed by atoms with van der Waals surface area (Å²) in [5.74, 6) is 0.706. The molecule has 0 saturated heterocycles. The Kier molecular flexibility index (Phi) is 8.65. The fraction of sp³-hybridized carbons (Fsp3) is 0.520. The molecule has 0 nitrogen and oxygen atoms in total. The second-order valence-electron chi connectivity index (χ2n) is 8.55. The maximum atomic E-state index is 13.5. The van der Waals surface area contributed by atoms with E-state index in [0.717, 1.165) is 0 Å². The van der Waals surface area contributed by atoms with Gasteiger partial charge in [0.25, 0.3) is 0 Å². The van der Waals surface area contributed by atoms with E-state index in [1.54, 1.807) is 0 Å². The first-order valence-electron chi connectivity index (χ1n) is 10.1. The molecule has 0 heterocycles. The summed E-state index contributed by atoms with van der Waals surface area (Å²) in [6.45, 7) is 18.8. The number of benzene rings is 2. The van der Waals surface area contributed by atoms with Crippen LogP contribution >= 0.6 is 0 Å². The van der Waals surface area contributed by atoms with E-state index in [-0.39, 0.29) is 23.5 Å². The van der Waals surface area contributed by atoms with Crippen LogP contribution in [0.25, 0.3) is 0 Å². The lowest BCUT2D eigenvalue weighted by atomic mass is 9.87. The molecule has 27 heavy (non-hydrogen) atoms. The summed E-state index contributed by atoms with van der Waals surface area (Å²) in [6, 6.07) is 9.04. The van der Waals surface area contributed by atoms with Crippen molar-refractivity contribution in [2.24, 2.45) is 0 Å². The Hall–Kier alpha value is -1.70. The summed E-state index contributed by atoms with van der Waals surface area (Å²) in [5.41, 5.74) is 5.51. The normalized spacial score (nSPS) is 11.4. The van der Waals surface area contributed by atoms with Crippen molar-refractivity contribution < 1.29 is 8.78 Å². The van der Waals surface area contributed by atoms with E-state index in [0.29, 0.717) is 23.0 Å². The summed E-state index contributed by atoms with van der Waals surface area (Å²) < 4.78 is 26.9. The fourth-order valence-electron chi connectivity index (χ4n) is 3.75. The molecule has 0 N–H and O–H groups in total. The zero-order chi connectivity index (χ0) is 20.9. The largest absolute Gasteiger partial charge is 0.207 e. The maximum absolute atomic E-state index is 13.5. The second-order valence-corrected chi connectivity index (χ2v) is 8.55. The highest BCUT2D eigenvalue weighted by atomic mass is 19.1. The number of halogens is 2. The lowest BCUT2D eigenvalue weighted by molar-refractivity contribution is 0.550. The van der Waals surface area contributed by atoms with Crippen LogP contribution in [0, 0.1) is 18.6 Å². The first kappa shape index (κ1) is 23.3. The third-order valence-electron chi connectivity index (χ3n) is 4.89. The summed E-state index contributed by atoms with van der Waals surface area (Å²) in [7, 11) is 0. The minimum Gasteiger partial charge on any atom is -0.207 e. The van der Waals surface area contributed by atoms with Gasteiger partial charge in [0.1, 0.15) is 11.6 Å². The van der Waals surface area contributed by atoms with Crippen LogP contribution in [0.2, 0.25) is 0 Å². The fourth-order valence-corrected chi connectivity index (χ4v) is 3.75. The van der Waals surface area contributed by atoms with Crippen LogP contribution in [0.15, 0.2) is 30.3 Å². The summed E-state index contributed by atoms with van der Waals surface area (Å²) in [4.78, 5) is 0. The molecule has 0 fully saturated rings. The molecule has 0 aliphatic rings. The van der Waals surface area contributed by atoms with Crippen LogP contribution in [0.5, 0.6) is 0 Å². The second kappa shape index (κ2) is 10.0. The molecular formula is C25H36F2. The minimum atomic E-state index is -0.301. The Labute approximate surface area is 165 Å². The van der Waals surface area contributed by atoms with E-state index in [2.05, 4.69) is 52.8 Å². The molecule has 0 amide bonds. The smallest absolute Gasteiger partial charge is 0.127 e. The molecule has 0 bridgehead atoms. The molecule has 0 radical (unpaired) electrons. The SMILES string of the molecule is CC(C)c1c(F)ccc(F)c1C(C)C.Cc1cccc(C(C)C)c1C(C)C. The number of aryl methyl sites for hydroxylation is 1. The van der Waals surface area contributed by atoms with Crippen LogP contribution in [-0.2, 0) is 0 Å². The summed E-state index contributed by atoms with van der Waals surface area (Å²) in [6.07, 6.45) is 0. The van der Waals surface area contributed by atoms with Crippen molar-refractivity contribution in [2.45, 2.75) is 86.0 Å². The van der Waals surface area contributed by atoms with Gasteiger partial charge in [-0.15, -0.1) is 0 Å². The van der Waals surface area contributed by atoms with Crippen molar-refractivity contribution in [2.75, 3.05) is 0 Å². The highest BCUT2D eigenvalue weighted by Crippen LogP contribution is 2.31. The monoisotopic (exact) mass is 374 g/mol. The molecule has 2 rings (SSSR count). The minimum absolute atomic E-state index is 0.0168. The molecule has 0 aliphatic carbocycles. The molecule has 0 unspecified atom stereocenters. The van der Waals surface area contributed by atoms with Gasteiger partial charge in [-0.3, -0.25) is 0 Å². The zero-order valence-electron chi connectivity index (χ0n) is 18.5. The van der Waals surface area contributed by atoms with Crippen molar-refractivity contribution in [3.63, 3.8) is 0 Å². The van der Waals surface area contributed by atoms with E-state index in [9.17, 15) is 8.78 Å². The van der Waals surface area contributed by atoms with Crippen LogP contribution in [0.1, 0.15) is 107 Å². The van der Waals surface area contributed by atoms with Gasteiger partial charge in [-0.1, -0.05) is 73.6 Å². The van der Waals surface area contributed by atoms with Gasteiger partial charge in [0.2, 0.25) is 0 Å². The van der Waals surface area contributed by atoms with Crippen LogP contribution < -0.4 is 0 Å². The van der Waals surface area contributed by atoms with Gasteiger partial charge < -0.3 is 0 Å². The van der Waals surface area contributed by atoms with Gasteiger partial charge >= 0.3 is 0 Å². The topological polar surface area (TPSA) is 0 Å². The first-order valence-corrected chi connectivity index (χ1v) is 10.1. The van der Waals surface area contributed by atoms with Crippen molar-refractivity contribution in [3.05, 3.63) is 69.8 Å². The molecule has 0 spiro atoms. The molecule has 0 aliphatic heterocycles. The Morgan fingerprint density at radius 1 is 0.556 bits per heavy atom. The van der Waals surface area contributed by atoms with Gasteiger partial charge in [0.05, 0.1) is 0 Å². The highest BCUT2D eigenvalue weighted by molar-refractivity contribution is 5.38. The first-order chi connectivity index (χ1) is 12.5. The molecule has 0 atom stereocenters. The Morgan fingerprint density at radius 3 is 1.26 bits per heavy atom. The van der Waals surface area contributed by atoms with Gasteiger partial charge in [-0.25, -0.2) is 8.78 Å². The molecule has 0 aromatic heterocycles. The Morgan fingerprint density at radius 2 is 0.963 bits per heavy atom. The number of hydrogen-bond acceptors (Lipinski definition) is 0. The van der Waals surface area contributed by atoms with Crippen molar-refractivity contribution >= 4 is 0 Å². The Bertz CT molecular complexity index is 707. The quantitative estimate of drug-likeness (QED) is 0.503. The molecule has 0 saturated carbocycles. The summed E-state index contributed by atoms with van der Waals surface area (Å²) in [5, 5.41) is 0. The predicted molar refractivity (Wildman–Crippen MR) is 114 cm³/mol. The van der Waals surface area contributed by atoms with E-state index < -0.39 is 0 Å². The van der Waals surface area contributed by atoms with Crippen LogP contribution in [0.3, 0.4) is 0 Å². The van der Waals surface area contributed by atoms with Gasteiger partial charge in [-0.2, -0.15) is 0 Å². The molecule has 150 valence electrons. The third kappa shape index (κ3) is 5.89. The van der Waals surface area contributed by atoms with E-state index in [4.69, 9.17) is 0 Å². The van der Waals surface area contributed by atoms with E-state index in [1.165, 1.54) is 28.8 Å². The van der Waals surface area contributed by atoms with E-state index >= 15 is 0 Å². The Balaban J connectivity index is 0.000000271. The third-order valence-corrected chi connectivity index (χ3v) is 4.89. The molecular weight excluding hydrogens is 338 g/mol. The van der Waals surface area contributed by atoms with Crippen LogP contribution in [0.4, 0.5) is 8.78 Å². The number of rotatable bonds is 4. The van der Waals surface area contributed by atoms with Crippen molar-refractivity contribution in [1.82, 2.24) is 0 Å². The maximum Gasteiger partial charge on any atom is 0.127 e. The molecule has 2 aromatic rings. The van der Waals surface area contributed by atoms with E-state index in [1.807, 2.05) is 27.7 Å². The average Bonchev–Trinajstić information content (AvgIpc) is 2.55.